The first-order valence-corrected chi connectivity index (χ1v) is 9.94. The van der Waals surface area contributed by atoms with Gasteiger partial charge in [-0.25, -0.2) is 0 Å². The summed E-state index contributed by atoms with van der Waals surface area (Å²) in [5, 5.41) is 12.4. The van der Waals surface area contributed by atoms with E-state index in [1.54, 1.807) is 24.5 Å². The molecular weight excluding hydrogens is 394 g/mol. The number of anilines is 1. The van der Waals surface area contributed by atoms with Crippen LogP contribution in [0.1, 0.15) is 12.5 Å². The van der Waals surface area contributed by atoms with E-state index in [-0.39, 0.29) is 11.2 Å². The molecule has 0 saturated carbocycles. The summed E-state index contributed by atoms with van der Waals surface area (Å²) >= 11 is 7.48. The van der Waals surface area contributed by atoms with E-state index in [4.69, 9.17) is 11.6 Å². The Morgan fingerprint density at radius 2 is 2.07 bits per heavy atom. The van der Waals surface area contributed by atoms with E-state index < -0.39 is 0 Å². The third-order valence-corrected chi connectivity index (χ3v) is 5.63. The molecule has 1 N–H and O–H groups in total. The summed E-state index contributed by atoms with van der Waals surface area (Å²) in [7, 11) is 0. The molecule has 1 amide bonds. The number of benzene rings is 1. The summed E-state index contributed by atoms with van der Waals surface area (Å²) in [4.78, 5) is 16.7. The van der Waals surface area contributed by atoms with Crippen molar-refractivity contribution < 1.29 is 4.79 Å². The zero-order valence-corrected chi connectivity index (χ0v) is 17.2. The average molecular weight is 414 g/mol. The molecule has 3 aromatic rings. The van der Waals surface area contributed by atoms with Crippen LogP contribution in [0.4, 0.5) is 5.69 Å². The minimum Gasteiger partial charge on any atom is -0.325 e. The molecular formula is C20H20ClN5OS. The number of nitrogens with zero attached hydrogens (tertiary/aromatic N) is 4. The van der Waals surface area contributed by atoms with Gasteiger partial charge in [0.05, 0.1) is 5.25 Å². The zero-order valence-electron chi connectivity index (χ0n) is 15.6. The van der Waals surface area contributed by atoms with Crippen LogP contribution in [0.15, 0.2) is 60.5 Å². The number of allylic oxidation sites excluding steroid dienone is 1. The highest BCUT2D eigenvalue weighted by Crippen LogP contribution is 2.28. The molecule has 0 saturated heterocycles. The molecule has 0 aliphatic carbocycles. The molecule has 0 fully saturated rings. The normalized spacial score (nSPS) is 11.8. The maximum absolute atomic E-state index is 12.7. The van der Waals surface area contributed by atoms with Crippen LogP contribution in [-0.2, 0) is 11.3 Å². The number of carbonyl (C=O) groups is 1. The average Bonchev–Trinajstić information content (AvgIpc) is 3.08. The second kappa shape index (κ2) is 9.03. The molecule has 0 unspecified atom stereocenters. The third kappa shape index (κ3) is 4.43. The molecule has 8 heteroatoms. The first-order chi connectivity index (χ1) is 13.5. The van der Waals surface area contributed by atoms with Gasteiger partial charge in [0.25, 0.3) is 0 Å². The van der Waals surface area contributed by atoms with Crippen molar-refractivity contribution in [3.05, 3.63) is 66.0 Å². The lowest BCUT2D eigenvalue weighted by Crippen LogP contribution is -2.23. The number of amides is 1. The summed E-state index contributed by atoms with van der Waals surface area (Å²) in [6.45, 7) is 8.05. The highest BCUT2D eigenvalue weighted by atomic mass is 35.5. The standard InChI is InChI=1S/C20H20ClN5OS/c1-4-12-26-18(15-8-10-22-11-9-15)24-25-20(26)28-14(3)19(27)23-17-7-5-6-16(21)13(17)2/h4-11,14H,1,12H2,2-3H3,(H,23,27)/t14-/m0/s1. The lowest BCUT2D eigenvalue weighted by molar-refractivity contribution is -0.115. The van der Waals surface area contributed by atoms with E-state index in [2.05, 4.69) is 27.1 Å². The molecule has 3 rings (SSSR count). The van der Waals surface area contributed by atoms with E-state index >= 15 is 0 Å². The first kappa shape index (κ1) is 20.1. The van der Waals surface area contributed by atoms with Gasteiger partial charge in [-0.05, 0) is 43.7 Å². The number of nitrogens with one attached hydrogen (secondary N) is 1. The van der Waals surface area contributed by atoms with E-state index in [0.717, 1.165) is 11.1 Å². The molecule has 2 heterocycles. The van der Waals surface area contributed by atoms with Gasteiger partial charge in [0.15, 0.2) is 11.0 Å². The van der Waals surface area contributed by atoms with Crippen molar-refractivity contribution in [1.29, 1.82) is 0 Å². The number of halogens is 1. The van der Waals surface area contributed by atoms with E-state index in [1.807, 2.05) is 42.7 Å². The highest BCUT2D eigenvalue weighted by Gasteiger charge is 2.21. The molecule has 6 nitrogen and oxygen atoms in total. The second-order valence-corrected chi connectivity index (χ2v) is 7.82. The van der Waals surface area contributed by atoms with Gasteiger partial charge < -0.3 is 5.32 Å². The predicted octanol–water partition coefficient (Wildman–Crippen LogP) is 4.61. The van der Waals surface area contributed by atoms with Gasteiger partial charge in [-0.2, -0.15) is 0 Å². The van der Waals surface area contributed by atoms with Crippen molar-refractivity contribution in [3.63, 3.8) is 0 Å². The summed E-state index contributed by atoms with van der Waals surface area (Å²) in [5.74, 6) is 0.581. The Hall–Kier alpha value is -2.64. The van der Waals surface area contributed by atoms with Crippen LogP contribution in [0, 0.1) is 6.92 Å². The van der Waals surface area contributed by atoms with Gasteiger partial charge in [0.2, 0.25) is 5.91 Å². The number of pyridine rings is 1. The number of hydrogen-bond donors (Lipinski definition) is 1. The lowest BCUT2D eigenvalue weighted by Gasteiger charge is -2.14. The van der Waals surface area contributed by atoms with E-state index in [9.17, 15) is 4.79 Å². The molecule has 1 aromatic carbocycles. The number of aromatic nitrogens is 4. The summed E-state index contributed by atoms with van der Waals surface area (Å²) in [5.41, 5.74) is 2.45. The minimum atomic E-state index is -0.378. The van der Waals surface area contributed by atoms with Crippen molar-refractivity contribution in [1.82, 2.24) is 19.7 Å². The molecule has 28 heavy (non-hydrogen) atoms. The predicted molar refractivity (Wildman–Crippen MR) is 114 cm³/mol. The molecule has 0 radical (unpaired) electrons. The molecule has 144 valence electrons. The first-order valence-electron chi connectivity index (χ1n) is 8.68. The van der Waals surface area contributed by atoms with Crippen LogP contribution in [0.5, 0.6) is 0 Å². The molecule has 0 spiro atoms. The number of hydrogen-bond acceptors (Lipinski definition) is 5. The largest absolute Gasteiger partial charge is 0.325 e. The quantitative estimate of drug-likeness (QED) is 0.452. The van der Waals surface area contributed by atoms with Gasteiger partial charge >= 0.3 is 0 Å². The fourth-order valence-electron chi connectivity index (χ4n) is 2.57. The Bertz CT molecular complexity index is 990. The Morgan fingerprint density at radius 1 is 1.32 bits per heavy atom. The Balaban J connectivity index is 1.79. The van der Waals surface area contributed by atoms with Gasteiger partial charge in [0.1, 0.15) is 0 Å². The van der Waals surface area contributed by atoms with Crippen LogP contribution in [0.2, 0.25) is 5.02 Å². The monoisotopic (exact) mass is 413 g/mol. The summed E-state index contributed by atoms with van der Waals surface area (Å²) in [6, 6.07) is 9.18. The SMILES string of the molecule is C=CCn1c(S[C@@H](C)C(=O)Nc2cccc(Cl)c2C)nnc1-c1ccncc1. The number of rotatable bonds is 7. The highest BCUT2D eigenvalue weighted by molar-refractivity contribution is 8.00. The van der Waals surface area contributed by atoms with Gasteiger partial charge in [-0.3, -0.25) is 14.3 Å². The van der Waals surface area contributed by atoms with Crippen LogP contribution in [-0.4, -0.2) is 30.9 Å². The van der Waals surface area contributed by atoms with Crippen LogP contribution in [0.25, 0.3) is 11.4 Å². The third-order valence-electron chi connectivity index (χ3n) is 4.14. The fraction of sp³-hybridized carbons (Fsp3) is 0.200. The maximum Gasteiger partial charge on any atom is 0.237 e. The van der Waals surface area contributed by atoms with Crippen molar-refractivity contribution in [2.75, 3.05) is 5.32 Å². The molecule has 0 aliphatic heterocycles. The molecule has 0 aliphatic rings. The van der Waals surface area contributed by atoms with Crippen molar-refractivity contribution in [3.8, 4) is 11.4 Å². The zero-order chi connectivity index (χ0) is 20.1. The fourth-order valence-corrected chi connectivity index (χ4v) is 3.61. The Morgan fingerprint density at radius 3 is 2.79 bits per heavy atom. The summed E-state index contributed by atoms with van der Waals surface area (Å²) in [6.07, 6.45) is 5.19. The Labute approximate surface area is 173 Å². The van der Waals surface area contributed by atoms with Crippen molar-refractivity contribution >= 4 is 35.0 Å². The van der Waals surface area contributed by atoms with Crippen LogP contribution >= 0.6 is 23.4 Å². The van der Waals surface area contributed by atoms with Gasteiger partial charge in [0, 0.05) is 35.2 Å². The number of thioether (sulfide) groups is 1. The van der Waals surface area contributed by atoms with Crippen molar-refractivity contribution in [2.45, 2.75) is 30.8 Å². The van der Waals surface area contributed by atoms with Gasteiger partial charge in [-0.1, -0.05) is 35.5 Å². The van der Waals surface area contributed by atoms with Crippen LogP contribution < -0.4 is 5.32 Å². The molecule has 0 bridgehead atoms. The van der Waals surface area contributed by atoms with Crippen molar-refractivity contribution in [2.24, 2.45) is 0 Å². The summed E-state index contributed by atoms with van der Waals surface area (Å²) < 4.78 is 1.93. The minimum absolute atomic E-state index is 0.131. The van der Waals surface area contributed by atoms with E-state index in [0.29, 0.717) is 28.2 Å². The topological polar surface area (TPSA) is 72.7 Å². The Kier molecular flexibility index (Phi) is 6.49. The smallest absolute Gasteiger partial charge is 0.237 e. The van der Waals surface area contributed by atoms with E-state index in [1.165, 1.54) is 11.8 Å². The second-order valence-electron chi connectivity index (χ2n) is 6.10. The number of carbonyl (C=O) groups excluding carboxylic acids is 1. The maximum atomic E-state index is 12.7. The molecule has 2 aromatic heterocycles. The lowest BCUT2D eigenvalue weighted by atomic mass is 10.2. The van der Waals surface area contributed by atoms with Crippen LogP contribution in [0.3, 0.4) is 0 Å². The molecule has 1 atom stereocenters. The van der Waals surface area contributed by atoms with Gasteiger partial charge in [-0.15, -0.1) is 16.8 Å².